The molecule has 1 saturated carbocycles. The number of halogens is 2. The van der Waals surface area contributed by atoms with Gasteiger partial charge in [0.1, 0.15) is 11.8 Å². The average molecular weight is 415 g/mol. The number of nitrogens with one attached hydrogen (secondary N) is 1. The maximum absolute atomic E-state index is 13.5. The number of hydrogen-bond donors (Lipinski definition) is 1. The van der Waals surface area contributed by atoms with E-state index >= 15 is 0 Å². The van der Waals surface area contributed by atoms with Crippen molar-refractivity contribution in [2.24, 2.45) is 0 Å². The van der Waals surface area contributed by atoms with Crippen LogP contribution < -0.4 is 5.32 Å². The van der Waals surface area contributed by atoms with Gasteiger partial charge in [0.05, 0.1) is 12.7 Å². The summed E-state index contributed by atoms with van der Waals surface area (Å²) in [6, 6.07) is 0.195. The van der Waals surface area contributed by atoms with Gasteiger partial charge in [-0.3, -0.25) is 23.6 Å². The molecule has 1 amide bonds. The molecule has 8 nitrogen and oxygen atoms in total. The summed E-state index contributed by atoms with van der Waals surface area (Å²) < 4.78 is 30.5. The highest BCUT2D eigenvalue weighted by molar-refractivity contribution is 5.93. The fourth-order valence-electron chi connectivity index (χ4n) is 4.57. The minimum atomic E-state index is -2.56. The Hall–Kier alpha value is -2.88. The molecule has 3 aromatic heterocycles. The van der Waals surface area contributed by atoms with Crippen molar-refractivity contribution < 1.29 is 13.6 Å². The predicted octanol–water partition coefficient (Wildman–Crippen LogP) is 2.30. The number of rotatable bonds is 4. The molecule has 0 atom stereocenters. The van der Waals surface area contributed by atoms with Crippen LogP contribution in [0.25, 0.3) is 11.3 Å². The second kappa shape index (κ2) is 7.42. The minimum Gasteiger partial charge on any atom is -0.347 e. The Morgan fingerprint density at radius 1 is 1.13 bits per heavy atom. The number of hydrogen-bond acceptors (Lipinski definition) is 5. The van der Waals surface area contributed by atoms with E-state index in [0.717, 1.165) is 25.7 Å². The van der Waals surface area contributed by atoms with Crippen molar-refractivity contribution >= 4 is 11.4 Å². The van der Waals surface area contributed by atoms with Gasteiger partial charge < -0.3 is 5.32 Å². The lowest BCUT2D eigenvalue weighted by Crippen LogP contribution is -2.44. The van der Waals surface area contributed by atoms with Crippen LogP contribution in [0.5, 0.6) is 0 Å². The third-order valence-corrected chi connectivity index (χ3v) is 6.13. The second-order valence-corrected chi connectivity index (χ2v) is 8.12. The van der Waals surface area contributed by atoms with Gasteiger partial charge in [0, 0.05) is 49.8 Å². The molecule has 1 aliphatic heterocycles. The number of fused-ring (bicyclic) bond motifs is 1. The van der Waals surface area contributed by atoms with Gasteiger partial charge >= 0.3 is 0 Å². The van der Waals surface area contributed by atoms with E-state index in [1.165, 1.54) is 0 Å². The van der Waals surface area contributed by atoms with Crippen LogP contribution in [0.1, 0.15) is 42.7 Å². The third kappa shape index (κ3) is 3.55. The summed E-state index contributed by atoms with van der Waals surface area (Å²) in [7, 11) is 0. The molecule has 2 aliphatic rings. The summed E-state index contributed by atoms with van der Waals surface area (Å²) in [6.07, 6.45) is 13.1. The van der Waals surface area contributed by atoms with Crippen molar-refractivity contribution in [3.63, 3.8) is 0 Å². The van der Waals surface area contributed by atoms with Crippen LogP contribution in [0.15, 0.2) is 37.3 Å². The first kappa shape index (κ1) is 19.1. The van der Waals surface area contributed by atoms with Crippen LogP contribution in [0.2, 0.25) is 0 Å². The Kier molecular flexibility index (Phi) is 4.73. The van der Waals surface area contributed by atoms with Gasteiger partial charge in [-0.15, -0.1) is 0 Å². The quantitative estimate of drug-likeness (QED) is 0.707. The molecular weight excluding hydrogens is 392 g/mol. The number of alkyl halides is 2. The number of aromatic nitrogens is 5. The van der Waals surface area contributed by atoms with E-state index in [4.69, 9.17) is 0 Å². The molecule has 1 N–H and O–H groups in total. The van der Waals surface area contributed by atoms with Crippen LogP contribution >= 0.6 is 0 Å². The molecule has 5 rings (SSSR count). The molecule has 4 heterocycles. The third-order valence-electron chi connectivity index (χ3n) is 6.13. The van der Waals surface area contributed by atoms with E-state index in [1.54, 1.807) is 46.3 Å². The van der Waals surface area contributed by atoms with Crippen LogP contribution in [-0.2, 0) is 0 Å². The van der Waals surface area contributed by atoms with Gasteiger partial charge in [0.25, 0.3) is 11.8 Å². The van der Waals surface area contributed by atoms with E-state index < -0.39 is 5.92 Å². The lowest BCUT2D eigenvalue weighted by atomic mass is 9.90. The molecule has 10 heteroatoms. The lowest BCUT2D eigenvalue weighted by molar-refractivity contribution is 0.00504. The Morgan fingerprint density at radius 3 is 2.63 bits per heavy atom. The van der Waals surface area contributed by atoms with Gasteiger partial charge in [-0.1, -0.05) is 0 Å². The van der Waals surface area contributed by atoms with Crippen molar-refractivity contribution in [1.29, 1.82) is 0 Å². The van der Waals surface area contributed by atoms with E-state index in [0.29, 0.717) is 17.9 Å². The van der Waals surface area contributed by atoms with E-state index in [2.05, 4.69) is 20.3 Å². The highest BCUT2D eigenvalue weighted by atomic mass is 19.3. The number of imidazole rings is 2. The van der Waals surface area contributed by atoms with Gasteiger partial charge in [-0.25, -0.2) is 18.7 Å². The van der Waals surface area contributed by atoms with Crippen molar-refractivity contribution in [3.8, 4) is 5.82 Å². The highest BCUT2D eigenvalue weighted by Crippen LogP contribution is 2.32. The zero-order chi connectivity index (χ0) is 20.7. The molecule has 0 spiro atoms. The van der Waals surface area contributed by atoms with E-state index in [-0.39, 0.29) is 36.8 Å². The van der Waals surface area contributed by atoms with Crippen LogP contribution in [-0.4, -0.2) is 65.8 Å². The summed E-state index contributed by atoms with van der Waals surface area (Å²) >= 11 is 0. The second-order valence-electron chi connectivity index (χ2n) is 8.12. The standard InChI is InChI=1S/C20H23F2N7O/c21-20(22)5-8-27(12-20)15-3-1-14(2-4-15)25-19(30)18-26-17(28-9-6-24-13-28)16-11-23-7-10-29(16)18/h6-7,9-11,13-15H,1-5,8,12H2,(H,25,30). The smallest absolute Gasteiger partial charge is 0.287 e. The number of carbonyl (C=O) groups is 1. The van der Waals surface area contributed by atoms with Crippen molar-refractivity contribution in [2.75, 3.05) is 13.1 Å². The average Bonchev–Trinajstić information content (AvgIpc) is 3.46. The lowest BCUT2D eigenvalue weighted by Gasteiger charge is -2.34. The number of amides is 1. The van der Waals surface area contributed by atoms with E-state index in [1.807, 2.05) is 4.90 Å². The first-order valence-corrected chi connectivity index (χ1v) is 10.2. The summed E-state index contributed by atoms with van der Waals surface area (Å²) in [5.74, 6) is -1.94. The molecule has 158 valence electrons. The normalized spacial score (nSPS) is 24.3. The Labute approximate surface area is 171 Å². The Balaban J connectivity index is 1.27. The molecule has 0 unspecified atom stereocenters. The Bertz CT molecular complexity index is 1040. The zero-order valence-electron chi connectivity index (χ0n) is 16.4. The molecule has 0 bridgehead atoms. The van der Waals surface area contributed by atoms with Gasteiger partial charge in [0.15, 0.2) is 5.82 Å². The van der Waals surface area contributed by atoms with Gasteiger partial charge in [0.2, 0.25) is 5.82 Å². The first-order chi connectivity index (χ1) is 14.5. The van der Waals surface area contributed by atoms with Crippen LogP contribution in [0.3, 0.4) is 0 Å². The minimum absolute atomic E-state index is 0.0164. The molecule has 0 radical (unpaired) electrons. The molecule has 1 saturated heterocycles. The summed E-state index contributed by atoms with van der Waals surface area (Å²) in [5, 5.41) is 3.08. The van der Waals surface area contributed by atoms with Gasteiger partial charge in [-0.05, 0) is 25.7 Å². The number of carbonyl (C=O) groups excluding carboxylic acids is 1. The summed E-state index contributed by atoms with van der Waals surface area (Å²) in [4.78, 5) is 27.6. The maximum atomic E-state index is 13.5. The van der Waals surface area contributed by atoms with Crippen molar-refractivity contribution in [3.05, 3.63) is 43.1 Å². The predicted molar refractivity (Wildman–Crippen MR) is 105 cm³/mol. The fourth-order valence-corrected chi connectivity index (χ4v) is 4.57. The first-order valence-electron chi connectivity index (χ1n) is 10.2. The van der Waals surface area contributed by atoms with Gasteiger partial charge in [-0.2, -0.15) is 0 Å². The maximum Gasteiger partial charge on any atom is 0.287 e. The topological polar surface area (TPSA) is 80.3 Å². The highest BCUT2D eigenvalue weighted by Gasteiger charge is 2.41. The molecular formula is C20H23F2N7O. The summed E-state index contributed by atoms with van der Waals surface area (Å²) in [6.45, 7) is 0.319. The Morgan fingerprint density at radius 2 is 1.93 bits per heavy atom. The largest absolute Gasteiger partial charge is 0.347 e. The summed E-state index contributed by atoms with van der Waals surface area (Å²) in [5.41, 5.74) is 0.708. The van der Waals surface area contributed by atoms with Crippen molar-refractivity contribution in [1.82, 2.24) is 34.1 Å². The molecule has 30 heavy (non-hydrogen) atoms. The molecule has 0 aromatic carbocycles. The van der Waals surface area contributed by atoms with Crippen LogP contribution in [0, 0.1) is 0 Å². The monoisotopic (exact) mass is 415 g/mol. The van der Waals surface area contributed by atoms with Crippen LogP contribution in [0.4, 0.5) is 8.78 Å². The SMILES string of the molecule is O=C(NC1CCC(N2CCC(F)(F)C2)CC1)c1nc(-n2ccnc2)c2cnccn12. The number of nitrogens with zero attached hydrogens (tertiary/aromatic N) is 6. The van der Waals surface area contributed by atoms with Crippen molar-refractivity contribution in [2.45, 2.75) is 50.1 Å². The zero-order valence-corrected chi connectivity index (χ0v) is 16.4. The fraction of sp³-hybridized carbons (Fsp3) is 0.500. The van der Waals surface area contributed by atoms with E-state index in [9.17, 15) is 13.6 Å². The molecule has 2 fully saturated rings. The molecule has 3 aromatic rings. The molecule has 1 aliphatic carbocycles. The number of likely N-dealkylation sites (tertiary alicyclic amines) is 1.